The molecule has 1 N–H and O–H groups in total. The van der Waals surface area contributed by atoms with Crippen LogP contribution in [0.15, 0.2) is 53.5 Å². The van der Waals surface area contributed by atoms with Crippen molar-refractivity contribution in [3.63, 3.8) is 0 Å². The van der Waals surface area contributed by atoms with E-state index in [0.29, 0.717) is 22.1 Å². The molecule has 0 spiro atoms. The quantitative estimate of drug-likeness (QED) is 0.553. The van der Waals surface area contributed by atoms with Gasteiger partial charge in [-0.3, -0.25) is 14.6 Å². The molecule has 0 saturated carbocycles. The Morgan fingerprint density at radius 1 is 1.11 bits per heavy atom. The summed E-state index contributed by atoms with van der Waals surface area (Å²) >= 11 is 7.34. The van der Waals surface area contributed by atoms with Crippen molar-refractivity contribution in [3.05, 3.63) is 75.5 Å². The minimum absolute atomic E-state index is 0.0758. The topological polar surface area (TPSA) is 72.0 Å². The number of ketones is 1. The standard InChI is InChI=1S/C21H20ClN3O2S/c1-13(2)20(14-3-5-15(22)6-4-14)21(27)25-17-8-7-16(23-10-17)9-19(26)18-11-28-12-24-18/h3-8,10-13,20H,9H2,1-2H3,(H,25,27)/t20-/m1/s1. The Morgan fingerprint density at radius 3 is 2.43 bits per heavy atom. The maximum absolute atomic E-state index is 12.8. The van der Waals surface area contributed by atoms with Gasteiger partial charge in [-0.05, 0) is 35.7 Å². The number of nitrogens with one attached hydrogen (secondary N) is 1. The number of amides is 1. The second kappa shape index (κ2) is 9.08. The first kappa shape index (κ1) is 20.2. The van der Waals surface area contributed by atoms with Crippen LogP contribution in [-0.4, -0.2) is 21.7 Å². The van der Waals surface area contributed by atoms with Crippen molar-refractivity contribution in [1.29, 1.82) is 0 Å². The normalized spacial score (nSPS) is 12.0. The zero-order valence-corrected chi connectivity index (χ0v) is 17.1. The molecule has 144 valence electrons. The number of benzene rings is 1. The number of Topliss-reactive ketones (excluding diaryl/α,β-unsaturated/α-hetero) is 1. The zero-order valence-electron chi connectivity index (χ0n) is 15.6. The SMILES string of the molecule is CC(C)[C@@H](C(=O)Nc1ccc(CC(=O)c2cscn2)nc1)c1ccc(Cl)cc1. The van der Waals surface area contributed by atoms with Gasteiger partial charge in [-0.25, -0.2) is 4.98 Å². The minimum atomic E-state index is -0.303. The summed E-state index contributed by atoms with van der Waals surface area (Å²) in [7, 11) is 0. The van der Waals surface area contributed by atoms with Gasteiger partial charge < -0.3 is 5.32 Å². The number of thiazole rings is 1. The molecule has 0 unspecified atom stereocenters. The van der Waals surface area contributed by atoms with Gasteiger partial charge >= 0.3 is 0 Å². The number of pyridine rings is 1. The average molecular weight is 414 g/mol. The first-order valence-electron chi connectivity index (χ1n) is 8.86. The molecule has 0 aliphatic rings. The number of hydrogen-bond donors (Lipinski definition) is 1. The monoisotopic (exact) mass is 413 g/mol. The van der Waals surface area contributed by atoms with Crippen LogP contribution in [0.3, 0.4) is 0 Å². The van der Waals surface area contributed by atoms with E-state index in [1.807, 2.05) is 26.0 Å². The van der Waals surface area contributed by atoms with Crippen molar-refractivity contribution >= 4 is 40.3 Å². The van der Waals surface area contributed by atoms with Crippen LogP contribution in [0, 0.1) is 5.92 Å². The predicted octanol–water partition coefficient (Wildman–Crippen LogP) is 5.00. The lowest BCUT2D eigenvalue weighted by atomic mass is 9.87. The Labute approximate surface area is 172 Å². The second-order valence-corrected chi connectivity index (χ2v) is 7.93. The summed E-state index contributed by atoms with van der Waals surface area (Å²) in [6, 6.07) is 10.8. The van der Waals surface area contributed by atoms with E-state index in [1.54, 1.807) is 41.4 Å². The third-order valence-corrected chi connectivity index (χ3v) is 5.17. The summed E-state index contributed by atoms with van der Waals surface area (Å²) in [5.41, 5.74) is 4.22. The number of carbonyl (C=O) groups is 2. The number of hydrogen-bond acceptors (Lipinski definition) is 5. The maximum Gasteiger partial charge on any atom is 0.232 e. The average Bonchev–Trinajstić information content (AvgIpc) is 3.20. The van der Waals surface area contributed by atoms with Gasteiger partial charge in [0.15, 0.2) is 5.78 Å². The molecule has 1 aromatic carbocycles. The van der Waals surface area contributed by atoms with Gasteiger partial charge in [0.25, 0.3) is 0 Å². The molecular formula is C21H20ClN3O2S. The highest BCUT2D eigenvalue weighted by Gasteiger charge is 2.24. The van der Waals surface area contributed by atoms with Crippen LogP contribution in [0.2, 0.25) is 5.02 Å². The Balaban J connectivity index is 1.67. The summed E-state index contributed by atoms with van der Waals surface area (Å²) in [6.07, 6.45) is 1.75. The van der Waals surface area contributed by atoms with E-state index in [9.17, 15) is 9.59 Å². The van der Waals surface area contributed by atoms with Crippen molar-refractivity contribution in [2.75, 3.05) is 5.32 Å². The Hall–Kier alpha value is -2.57. The molecule has 0 saturated heterocycles. The minimum Gasteiger partial charge on any atom is -0.324 e. The van der Waals surface area contributed by atoms with Crippen LogP contribution in [0.4, 0.5) is 5.69 Å². The lowest BCUT2D eigenvalue weighted by molar-refractivity contribution is -0.118. The summed E-state index contributed by atoms with van der Waals surface area (Å²) in [6.45, 7) is 4.01. The highest BCUT2D eigenvalue weighted by molar-refractivity contribution is 7.07. The summed E-state index contributed by atoms with van der Waals surface area (Å²) in [5, 5.41) is 5.27. The molecule has 1 amide bonds. The van der Waals surface area contributed by atoms with E-state index in [1.165, 1.54) is 11.3 Å². The van der Waals surface area contributed by atoms with Gasteiger partial charge in [0.05, 0.1) is 29.7 Å². The maximum atomic E-state index is 12.8. The fraction of sp³-hybridized carbons (Fsp3) is 0.238. The number of rotatable bonds is 7. The van der Waals surface area contributed by atoms with E-state index in [2.05, 4.69) is 15.3 Å². The summed E-state index contributed by atoms with van der Waals surface area (Å²) < 4.78 is 0. The van der Waals surface area contributed by atoms with E-state index in [-0.39, 0.29) is 29.9 Å². The Kier molecular flexibility index (Phi) is 6.54. The van der Waals surface area contributed by atoms with Crippen LogP contribution < -0.4 is 5.32 Å². The van der Waals surface area contributed by atoms with E-state index in [0.717, 1.165) is 5.56 Å². The van der Waals surface area contributed by atoms with Gasteiger partial charge in [-0.1, -0.05) is 37.6 Å². The molecule has 2 heterocycles. The van der Waals surface area contributed by atoms with E-state index >= 15 is 0 Å². The third-order valence-electron chi connectivity index (χ3n) is 4.33. The van der Waals surface area contributed by atoms with Crippen molar-refractivity contribution < 1.29 is 9.59 Å². The van der Waals surface area contributed by atoms with Gasteiger partial charge in [-0.2, -0.15) is 0 Å². The van der Waals surface area contributed by atoms with Gasteiger partial charge in [0, 0.05) is 16.1 Å². The summed E-state index contributed by atoms with van der Waals surface area (Å²) in [5.74, 6) is -0.370. The largest absolute Gasteiger partial charge is 0.324 e. The molecular weight excluding hydrogens is 394 g/mol. The van der Waals surface area contributed by atoms with Crippen LogP contribution in [0.5, 0.6) is 0 Å². The Morgan fingerprint density at radius 2 is 1.86 bits per heavy atom. The molecule has 1 atom stereocenters. The van der Waals surface area contributed by atoms with Crippen LogP contribution in [0.25, 0.3) is 0 Å². The van der Waals surface area contributed by atoms with E-state index < -0.39 is 0 Å². The Bertz CT molecular complexity index is 939. The van der Waals surface area contributed by atoms with Gasteiger partial charge in [0.1, 0.15) is 5.69 Å². The lowest BCUT2D eigenvalue weighted by Crippen LogP contribution is -2.25. The lowest BCUT2D eigenvalue weighted by Gasteiger charge is -2.21. The van der Waals surface area contributed by atoms with Crippen LogP contribution in [-0.2, 0) is 11.2 Å². The highest BCUT2D eigenvalue weighted by atomic mass is 35.5. The van der Waals surface area contributed by atoms with E-state index in [4.69, 9.17) is 11.6 Å². The molecule has 2 aromatic heterocycles. The number of anilines is 1. The third kappa shape index (κ3) is 5.03. The molecule has 3 rings (SSSR count). The number of nitrogens with zero attached hydrogens (tertiary/aromatic N) is 2. The van der Waals surface area contributed by atoms with Crippen molar-refractivity contribution in [3.8, 4) is 0 Å². The molecule has 0 radical (unpaired) electrons. The highest BCUT2D eigenvalue weighted by Crippen LogP contribution is 2.27. The molecule has 0 aliphatic carbocycles. The fourth-order valence-electron chi connectivity index (χ4n) is 2.94. The van der Waals surface area contributed by atoms with Crippen molar-refractivity contribution in [1.82, 2.24) is 9.97 Å². The van der Waals surface area contributed by atoms with Crippen molar-refractivity contribution in [2.24, 2.45) is 5.92 Å². The molecule has 28 heavy (non-hydrogen) atoms. The predicted molar refractivity (Wildman–Crippen MR) is 112 cm³/mol. The van der Waals surface area contributed by atoms with Crippen molar-refractivity contribution in [2.45, 2.75) is 26.2 Å². The van der Waals surface area contributed by atoms with Crippen LogP contribution >= 0.6 is 22.9 Å². The number of halogens is 1. The van der Waals surface area contributed by atoms with Crippen LogP contribution in [0.1, 0.15) is 41.5 Å². The second-order valence-electron chi connectivity index (χ2n) is 6.77. The van der Waals surface area contributed by atoms with Gasteiger partial charge in [0.2, 0.25) is 5.91 Å². The fourth-order valence-corrected chi connectivity index (χ4v) is 3.62. The smallest absolute Gasteiger partial charge is 0.232 e. The first-order chi connectivity index (χ1) is 13.4. The molecule has 0 aliphatic heterocycles. The molecule has 3 aromatic rings. The molecule has 0 bridgehead atoms. The first-order valence-corrected chi connectivity index (χ1v) is 10.2. The van der Waals surface area contributed by atoms with Gasteiger partial charge in [-0.15, -0.1) is 11.3 Å². The molecule has 7 heteroatoms. The molecule has 0 fully saturated rings. The number of carbonyl (C=O) groups excluding carboxylic acids is 2. The zero-order chi connectivity index (χ0) is 20.1. The number of aromatic nitrogens is 2. The molecule has 5 nitrogen and oxygen atoms in total. The summed E-state index contributed by atoms with van der Waals surface area (Å²) in [4.78, 5) is 33.2.